The fourth-order valence-electron chi connectivity index (χ4n) is 3.22. The number of hydrogen-bond donors (Lipinski definition) is 2. The highest BCUT2D eigenvalue weighted by atomic mass is 16.5. The first kappa shape index (κ1) is 15.2. The van der Waals surface area contributed by atoms with Crippen molar-refractivity contribution in [1.82, 2.24) is 4.90 Å². The fourth-order valence-corrected chi connectivity index (χ4v) is 3.22. The molecule has 2 N–H and O–H groups in total. The smallest absolute Gasteiger partial charge is 0.321 e. The van der Waals surface area contributed by atoms with Crippen LogP contribution >= 0.6 is 0 Å². The minimum atomic E-state index is -0.113. The van der Waals surface area contributed by atoms with Gasteiger partial charge in [-0.1, -0.05) is 12.1 Å². The third-order valence-corrected chi connectivity index (χ3v) is 4.56. The summed E-state index contributed by atoms with van der Waals surface area (Å²) >= 11 is 0. The molecule has 1 saturated heterocycles. The van der Waals surface area contributed by atoms with Crippen LogP contribution in [0.15, 0.2) is 24.3 Å². The molecule has 5 nitrogen and oxygen atoms in total. The van der Waals surface area contributed by atoms with Crippen LogP contribution in [0.1, 0.15) is 32.1 Å². The molecular weight excluding hydrogens is 280 g/mol. The molecule has 1 unspecified atom stereocenters. The molecule has 1 aliphatic carbocycles. The highest BCUT2D eigenvalue weighted by Crippen LogP contribution is 2.30. The van der Waals surface area contributed by atoms with Gasteiger partial charge in [-0.25, -0.2) is 4.79 Å². The summed E-state index contributed by atoms with van der Waals surface area (Å²) in [6.07, 6.45) is 5.75. The second-order valence-corrected chi connectivity index (χ2v) is 6.23. The Balaban J connectivity index is 1.63. The van der Waals surface area contributed by atoms with Gasteiger partial charge in [0.15, 0.2) is 0 Å². The molecule has 1 aliphatic heterocycles. The van der Waals surface area contributed by atoms with Crippen molar-refractivity contribution in [3.8, 4) is 5.75 Å². The Hall–Kier alpha value is -1.75. The van der Waals surface area contributed by atoms with Crippen LogP contribution in [0.5, 0.6) is 5.75 Å². The number of para-hydroxylation sites is 2. The number of carbonyl (C=O) groups excluding carboxylic acids is 1. The molecule has 1 atom stereocenters. The van der Waals surface area contributed by atoms with Gasteiger partial charge < -0.3 is 20.1 Å². The second kappa shape index (κ2) is 7.01. The van der Waals surface area contributed by atoms with Crippen LogP contribution in [-0.2, 0) is 0 Å². The molecule has 0 radical (unpaired) electrons. The van der Waals surface area contributed by atoms with E-state index in [0.29, 0.717) is 13.1 Å². The van der Waals surface area contributed by atoms with Crippen molar-refractivity contribution in [2.75, 3.05) is 25.0 Å². The van der Waals surface area contributed by atoms with Gasteiger partial charge in [0.25, 0.3) is 0 Å². The van der Waals surface area contributed by atoms with Crippen LogP contribution in [0.3, 0.4) is 0 Å². The summed E-state index contributed by atoms with van der Waals surface area (Å²) in [4.78, 5) is 14.1. The molecule has 0 spiro atoms. The number of likely N-dealkylation sites (tertiary alicyclic amines) is 1. The summed E-state index contributed by atoms with van der Waals surface area (Å²) in [6.45, 7) is 1.46. The van der Waals surface area contributed by atoms with Crippen LogP contribution in [0.25, 0.3) is 0 Å². The van der Waals surface area contributed by atoms with Crippen molar-refractivity contribution in [2.24, 2.45) is 5.92 Å². The Morgan fingerprint density at radius 2 is 2.05 bits per heavy atom. The van der Waals surface area contributed by atoms with Gasteiger partial charge in [-0.2, -0.15) is 0 Å². The Morgan fingerprint density at radius 3 is 2.77 bits per heavy atom. The van der Waals surface area contributed by atoms with Gasteiger partial charge in [-0.15, -0.1) is 0 Å². The van der Waals surface area contributed by atoms with E-state index >= 15 is 0 Å². The van der Waals surface area contributed by atoms with Gasteiger partial charge in [0, 0.05) is 25.6 Å². The second-order valence-electron chi connectivity index (χ2n) is 6.23. The van der Waals surface area contributed by atoms with E-state index in [-0.39, 0.29) is 24.7 Å². The number of aliphatic hydroxyl groups is 1. The lowest BCUT2D eigenvalue weighted by Crippen LogP contribution is -2.33. The molecule has 1 aromatic rings. The standard InChI is InChI=1S/C17H24N2O3/c20-12-13-9-10-19(11-13)17(21)18-15-7-3-4-8-16(15)22-14-5-1-2-6-14/h3-4,7-8,13-14,20H,1-2,5-6,9-12H2,(H,18,21). The zero-order valence-electron chi connectivity index (χ0n) is 12.8. The number of aliphatic hydroxyl groups excluding tert-OH is 1. The normalized spacial score (nSPS) is 22.0. The van der Waals surface area contributed by atoms with Crippen molar-refractivity contribution in [3.63, 3.8) is 0 Å². The first-order valence-corrected chi connectivity index (χ1v) is 8.18. The van der Waals surface area contributed by atoms with Gasteiger partial charge in [0.2, 0.25) is 0 Å². The van der Waals surface area contributed by atoms with Gasteiger partial charge in [0.05, 0.1) is 11.8 Å². The van der Waals surface area contributed by atoms with Crippen molar-refractivity contribution < 1.29 is 14.6 Å². The molecular formula is C17H24N2O3. The van der Waals surface area contributed by atoms with E-state index in [2.05, 4.69) is 5.32 Å². The van der Waals surface area contributed by atoms with Crippen LogP contribution in [0, 0.1) is 5.92 Å². The van der Waals surface area contributed by atoms with Gasteiger partial charge in [-0.05, 0) is 44.2 Å². The number of urea groups is 1. The van der Waals surface area contributed by atoms with Gasteiger partial charge in [-0.3, -0.25) is 0 Å². The quantitative estimate of drug-likeness (QED) is 0.899. The number of rotatable bonds is 4. The Labute approximate surface area is 131 Å². The number of nitrogens with zero attached hydrogens (tertiary/aromatic N) is 1. The predicted octanol–water partition coefficient (Wildman–Crippen LogP) is 2.85. The van der Waals surface area contributed by atoms with Crippen LogP contribution in [-0.4, -0.2) is 41.8 Å². The molecule has 3 rings (SSSR count). The first-order valence-electron chi connectivity index (χ1n) is 8.18. The van der Waals surface area contributed by atoms with E-state index in [9.17, 15) is 9.90 Å². The van der Waals surface area contributed by atoms with Crippen molar-refractivity contribution in [2.45, 2.75) is 38.2 Å². The lowest BCUT2D eigenvalue weighted by molar-refractivity contribution is 0.205. The van der Waals surface area contributed by atoms with E-state index in [4.69, 9.17) is 4.74 Å². The molecule has 2 amide bonds. The summed E-state index contributed by atoms with van der Waals surface area (Å²) < 4.78 is 6.04. The molecule has 0 bridgehead atoms. The number of carbonyl (C=O) groups is 1. The average Bonchev–Trinajstić information content (AvgIpc) is 3.20. The topological polar surface area (TPSA) is 61.8 Å². The molecule has 2 aliphatic rings. The van der Waals surface area contributed by atoms with Crippen molar-refractivity contribution >= 4 is 11.7 Å². The maximum atomic E-state index is 12.3. The number of ether oxygens (including phenoxy) is 1. The van der Waals surface area contributed by atoms with E-state index < -0.39 is 0 Å². The van der Waals surface area contributed by atoms with Crippen LogP contribution in [0.4, 0.5) is 10.5 Å². The number of anilines is 1. The zero-order valence-corrected chi connectivity index (χ0v) is 12.8. The molecule has 2 fully saturated rings. The highest BCUT2D eigenvalue weighted by Gasteiger charge is 2.26. The summed E-state index contributed by atoms with van der Waals surface area (Å²) in [5, 5.41) is 12.1. The Morgan fingerprint density at radius 1 is 1.27 bits per heavy atom. The number of benzene rings is 1. The summed E-state index contributed by atoms with van der Waals surface area (Å²) in [6, 6.07) is 7.50. The third-order valence-electron chi connectivity index (χ3n) is 4.56. The molecule has 1 saturated carbocycles. The van der Waals surface area contributed by atoms with Crippen molar-refractivity contribution in [3.05, 3.63) is 24.3 Å². The first-order chi connectivity index (χ1) is 10.8. The molecule has 120 valence electrons. The van der Waals surface area contributed by atoms with Crippen LogP contribution in [0.2, 0.25) is 0 Å². The highest BCUT2D eigenvalue weighted by molar-refractivity contribution is 5.91. The minimum absolute atomic E-state index is 0.113. The predicted molar refractivity (Wildman–Crippen MR) is 85.1 cm³/mol. The fraction of sp³-hybridized carbons (Fsp3) is 0.588. The number of hydrogen-bond acceptors (Lipinski definition) is 3. The molecule has 1 aromatic carbocycles. The Kier molecular flexibility index (Phi) is 4.83. The SMILES string of the molecule is O=C(Nc1ccccc1OC1CCCC1)N1CCC(CO)C1. The summed E-state index contributed by atoms with van der Waals surface area (Å²) in [5.41, 5.74) is 0.729. The van der Waals surface area contributed by atoms with Gasteiger partial charge >= 0.3 is 6.03 Å². The monoisotopic (exact) mass is 304 g/mol. The third kappa shape index (κ3) is 3.53. The van der Waals surface area contributed by atoms with Crippen LogP contribution < -0.4 is 10.1 Å². The van der Waals surface area contributed by atoms with Gasteiger partial charge in [0.1, 0.15) is 5.75 Å². The van der Waals surface area contributed by atoms with E-state index in [1.807, 2.05) is 24.3 Å². The summed E-state index contributed by atoms with van der Waals surface area (Å²) in [7, 11) is 0. The lowest BCUT2D eigenvalue weighted by atomic mass is 10.1. The average molecular weight is 304 g/mol. The van der Waals surface area contributed by atoms with E-state index in [0.717, 1.165) is 30.7 Å². The van der Waals surface area contributed by atoms with E-state index in [1.54, 1.807) is 4.90 Å². The molecule has 0 aromatic heterocycles. The number of amides is 2. The largest absolute Gasteiger partial charge is 0.488 e. The lowest BCUT2D eigenvalue weighted by Gasteiger charge is -2.20. The zero-order chi connectivity index (χ0) is 15.4. The molecule has 5 heteroatoms. The summed E-state index contributed by atoms with van der Waals surface area (Å²) in [5.74, 6) is 0.955. The molecule has 1 heterocycles. The minimum Gasteiger partial charge on any atom is -0.488 e. The molecule has 22 heavy (non-hydrogen) atoms. The maximum absolute atomic E-state index is 12.3. The number of nitrogens with one attached hydrogen (secondary N) is 1. The maximum Gasteiger partial charge on any atom is 0.321 e. The van der Waals surface area contributed by atoms with E-state index in [1.165, 1.54) is 12.8 Å². The Bertz CT molecular complexity index is 514. The van der Waals surface area contributed by atoms with Crippen molar-refractivity contribution in [1.29, 1.82) is 0 Å².